The highest BCUT2D eigenvalue weighted by Gasteiger charge is 2.16. The molecule has 0 aliphatic heterocycles. The number of methoxy groups -OCH3 is 1. The second kappa shape index (κ2) is 10.2. The molecule has 3 rings (SSSR count). The minimum absolute atomic E-state index is 0.161. The molecule has 0 atom stereocenters. The topological polar surface area (TPSA) is 157 Å². The lowest BCUT2D eigenvalue weighted by atomic mass is 10.1. The summed E-state index contributed by atoms with van der Waals surface area (Å²) in [6.07, 6.45) is 3.81. The van der Waals surface area contributed by atoms with Crippen molar-refractivity contribution in [3.8, 4) is 0 Å². The Kier molecular flexibility index (Phi) is 7.31. The van der Waals surface area contributed by atoms with Gasteiger partial charge in [-0.2, -0.15) is 0 Å². The van der Waals surface area contributed by atoms with Crippen LogP contribution in [0.1, 0.15) is 26.3 Å². The maximum absolute atomic E-state index is 12.0. The number of carbonyl (C=O) groups excluding carboxylic acids is 2. The quantitative estimate of drug-likeness (QED) is 0.387. The number of sulfonamides is 1. The van der Waals surface area contributed by atoms with Gasteiger partial charge in [-0.05, 0) is 23.8 Å². The molecule has 34 heavy (non-hydrogen) atoms. The van der Waals surface area contributed by atoms with E-state index in [1.54, 1.807) is 42.5 Å². The molecule has 1 aromatic carbocycles. The number of primary amides is 1. The standard InChI is InChI=1S/C22H24N6O5S/c1-28(34(3,31)32)18-7-5-4-6-14(18)11-24-17-10-20(26-13-16(17)21(23)29)27-19-9-8-15(12-25-19)22(30)33-2/h4-10,12-13H,11H2,1-3H3,(H2,23,29)(H2,24,25,26,27). The molecule has 178 valence electrons. The van der Waals surface area contributed by atoms with Crippen molar-refractivity contribution in [1.82, 2.24) is 9.97 Å². The molecular weight excluding hydrogens is 460 g/mol. The molecule has 12 heteroatoms. The van der Waals surface area contributed by atoms with Crippen molar-refractivity contribution >= 4 is 44.9 Å². The number of nitrogens with zero attached hydrogens (tertiary/aromatic N) is 3. The maximum Gasteiger partial charge on any atom is 0.339 e. The van der Waals surface area contributed by atoms with Gasteiger partial charge < -0.3 is 21.1 Å². The number of hydrogen-bond acceptors (Lipinski definition) is 9. The smallest absolute Gasteiger partial charge is 0.339 e. The zero-order valence-electron chi connectivity index (χ0n) is 18.8. The zero-order chi connectivity index (χ0) is 24.9. The lowest BCUT2D eigenvalue weighted by Gasteiger charge is -2.21. The number of anilines is 4. The second-order valence-electron chi connectivity index (χ2n) is 7.24. The van der Waals surface area contributed by atoms with Crippen molar-refractivity contribution in [1.29, 1.82) is 0 Å². The Bertz CT molecular complexity index is 1310. The zero-order valence-corrected chi connectivity index (χ0v) is 19.6. The first kappa shape index (κ1) is 24.5. The van der Waals surface area contributed by atoms with Crippen LogP contribution in [-0.4, -0.2) is 50.7 Å². The molecule has 0 spiro atoms. The van der Waals surface area contributed by atoms with Gasteiger partial charge in [-0.15, -0.1) is 0 Å². The summed E-state index contributed by atoms with van der Waals surface area (Å²) < 4.78 is 29.8. The minimum Gasteiger partial charge on any atom is -0.465 e. The van der Waals surface area contributed by atoms with E-state index in [-0.39, 0.29) is 12.1 Å². The number of esters is 1. The van der Waals surface area contributed by atoms with Gasteiger partial charge in [0.25, 0.3) is 5.91 Å². The second-order valence-corrected chi connectivity index (χ2v) is 9.25. The van der Waals surface area contributed by atoms with Crippen molar-refractivity contribution in [3.63, 3.8) is 0 Å². The van der Waals surface area contributed by atoms with Crippen molar-refractivity contribution in [2.24, 2.45) is 5.73 Å². The third-order valence-electron chi connectivity index (χ3n) is 4.91. The Balaban J connectivity index is 1.84. The van der Waals surface area contributed by atoms with Crippen molar-refractivity contribution < 1.29 is 22.7 Å². The summed E-state index contributed by atoms with van der Waals surface area (Å²) in [5.41, 5.74) is 7.54. The number of benzene rings is 1. The molecule has 0 saturated heterocycles. The van der Waals surface area contributed by atoms with Gasteiger partial charge in [0.05, 0.1) is 35.9 Å². The van der Waals surface area contributed by atoms with Crippen LogP contribution in [0.4, 0.5) is 23.0 Å². The molecule has 2 heterocycles. The Labute approximate surface area is 197 Å². The van der Waals surface area contributed by atoms with E-state index in [4.69, 9.17) is 5.73 Å². The number of nitrogens with one attached hydrogen (secondary N) is 2. The average molecular weight is 485 g/mol. The number of hydrogen-bond donors (Lipinski definition) is 3. The molecule has 0 unspecified atom stereocenters. The fourth-order valence-electron chi connectivity index (χ4n) is 3.04. The number of amides is 1. The largest absolute Gasteiger partial charge is 0.465 e. The molecule has 2 aromatic heterocycles. The fraction of sp³-hybridized carbons (Fsp3) is 0.182. The molecule has 11 nitrogen and oxygen atoms in total. The highest BCUT2D eigenvalue weighted by molar-refractivity contribution is 7.92. The van der Waals surface area contributed by atoms with Crippen LogP contribution in [0.3, 0.4) is 0 Å². The van der Waals surface area contributed by atoms with Crippen LogP contribution in [-0.2, 0) is 21.3 Å². The van der Waals surface area contributed by atoms with Crippen LogP contribution in [0.15, 0.2) is 54.9 Å². The van der Waals surface area contributed by atoms with E-state index in [1.165, 1.54) is 30.9 Å². The van der Waals surface area contributed by atoms with Crippen LogP contribution >= 0.6 is 0 Å². The molecule has 0 radical (unpaired) electrons. The number of aromatic nitrogens is 2. The highest BCUT2D eigenvalue weighted by atomic mass is 32.2. The summed E-state index contributed by atoms with van der Waals surface area (Å²) in [4.78, 5) is 31.8. The Morgan fingerprint density at radius 3 is 2.41 bits per heavy atom. The van der Waals surface area contributed by atoms with E-state index in [2.05, 4.69) is 25.3 Å². The van der Waals surface area contributed by atoms with E-state index in [1.807, 2.05) is 0 Å². The van der Waals surface area contributed by atoms with Crippen LogP contribution < -0.4 is 20.7 Å². The van der Waals surface area contributed by atoms with Gasteiger partial charge in [0, 0.05) is 32.1 Å². The van der Waals surface area contributed by atoms with Crippen LogP contribution in [0.5, 0.6) is 0 Å². The van der Waals surface area contributed by atoms with E-state index < -0.39 is 21.9 Å². The Morgan fingerprint density at radius 2 is 1.79 bits per heavy atom. The molecule has 0 aliphatic carbocycles. The van der Waals surface area contributed by atoms with Crippen molar-refractivity contribution in [2.75, 3.05) is 35.4 Å². The number of nitrogens with two attached hydrogens (primary N) is 1. The predicted octanol–water partition coefficient (Wildman–Crippen LogP) is 2.11. The van der Waals surface area contributed by atoms with E-state index in [0.717, 1.165) is 6.26 Å². The Morgan fingerprint density at radius 1 is 1.09 bits per heavy atom. The maximum atomic E-state index is 12.0. The van der Waals surface area contributed by atoms with Crippen LogP contribution in [0, 0.1) is 0 Å². The van der Waals surface area contributed by atoms with E-state index in [0.29, 0.717) is 34.1 Å². The predicted molar refractivity (Wildman–Crippen MR) is 129 cm³/mol. The summed E-state index contributed by atoms with van der Waals surface area (Å²) in [5, 5.41) is 6.12. The fourth-order valence-corrected chi connectivity index (χ4v) is 3.58. The van der Waals surface area contributed by atoms with Gasteiger partial charge in [-0.25, -0.2) is 23.2 Å². The molecular formula is C22H24N6O5S. The average Bonchev–Trinajstić information content (AvgIpc) is 2.81. The first-order valence-corrected chi connectivity index (χ1v) is 11.8. The molecule has 0 saturated carbocycles. The van der Waals surface area contributed by atoms with Crippen molar-refractivity contribution in [2.45, 2.75) is 6.54 Å². The molecule has 0 bridgehead atoms. The number of para-hydroxylation sites is 1. The SMILES string of the molecule is COC(=O)c1ccc(Nc2cc(NCc3ccccc3N(C)S(C)(=O)=O)c(C(N)=O)cn2)nc1. The molecule has 1 amide bonds. The summed E-state index contributed by atoms with van der Waals surface area (Å²) in [7, 11) is -0.708. The van der Waals surface area contributed by atoms with Gasteiger partial charge >= 0.3 is 5.97 Å². The minimum atomic E-state index is -3.46. The summed E-state index contributed by atoms with van der Waals surface area (Å²) >= 11 is 0. The lowest BCUT2D eigenvalue weighted by Crippen LogP contribution is -2.26. The third-order valence-corrected chi connectivity index (χ3v) is 6.10. The number of carbonyl (C=O) groups is 2. The molecule has 0 aliphatic rings. The normalized spacial score (nSPS) is 10.9. The first-order chi connectivity index (χ1) is 16.1. The number of rotatable bonds is 9. The van der Waals surface area contributed by atoms with Crippen molar-refractivity contribution in [3.05, 3.63) is 71.5 Å². The van der Waals surface area contributed by atoms with E-state index >= 15 is 0 Å². The summed E-state index contributed by atoms with van der Waals surface area (Å²) in [6, 6.07) is 11.7. The number of ether oxygens (including phenoxy) is 1. The summed E-state index contributed by atoms with van der Waals surface area (Å²) in [5.74, 6) is -0.398. The van der Waals surface area contributed by atoms with Gasteiger partial charge in [0.1, 0.15) is 11.6 Å². The molecule has 3 aromatic rings. The van der Waals surface area contributed by atoms with E-state index in [9.17, 15) is 18.0 Å². The monoisotopic (exact) mass is 484 g/mol. The third kappa shape index (κ3) is 5.78. The van der Waals surface area contributed by atoms with Crippen LogP contribution in [0.2, 0.25) is 0 Å². The number of pyridine rings is 2. The lowest BCUT2D eigenvalue weighted by molar-refractivity contribution is 0.0600. The van der Waals surface area contributed by atoms with Gasteiger partial charge in [-0.3, -0.25) is 9.10 Å². The molecule has 4 N–H and O–H groups in total. The summed E-state index contributed by atoms with van der Waals surface area (Å²) in [6.45, 7) is 0.214. The van der Waals surface area contributed by atoms with Gasteiger partial charge in [0.15, 0.2) is 0 Å². The van der Waals surface area contributed by atoms with Gasteiger partial charge in [-0.1, -0.05) is 18.2 Å². The first-order valence-electron chi connectivity index (χ1n) is 9.97. The molecule has 0 fully saturated rings. The highest BCUT2D eigenvalue weighted by Crippen LogP contribution is 2.25. The van der Waals surface area contributed by atoms with Crippen LogP contribution in [0.25, 0.3) is 0 Å². The Hall–Kier alpha value is -4.19. The van der Waals surface area contributed by atoms with Gasteiger partial charge in [0.2, 0.25) is 10.0 Å².